The van der Waals surface area contributed by atoms with Gasteiger partial charge in [-0.05, 0) is 48.0 Å². The quantitative estimate of drug-likeness (QED) is 0.593. The van der Waals surface area contributed by atoms with Crippen molar-refractivity contribution in [1.29, 1.82) is 0 Å². The van der Waals surface area contributed by atoms with Crippen LogP contribution in [0.4, 0.5) is 0 Å². The highest BCUT2D eigenvalue weighted by molar-refractivity contribution is 9.10. The number of hydrogen-bond donors (Lipinski definition) is 1. The van der Waals surface area contributed by atoms with Crippen molar-refractivity contribution in [2.45, 2.75) is 0 Å². The lowest BCUT2D eigenvalue weighted by atomic mass is 10.2. The molecule has 0 aliphatic heterocycles. The molecule has 2 aromatic rings. The van der Waals surface area contributed by atoms with Crippen LogP contribution in [-0.4, -0.2) is 26.2 Å². The summed E-state index contributed by atoms with van der Waals surface area (Å²) in [7, 11) is 1.62. The molecular weight excluding hydrogens is 358 g/mol. The van der Waals surface area contributed by atoms with Crippen LogP contribution in [0, 0.1) is 0 Å². The molecule has 0 fully saturated rings. The van der Waals surface area contributed by atoms with Gasteiger partial charge in [0.1, 0.15) is 18.1 Å². The Hall–Kier alpha value is -2.27. The van der Waals surface area contributed by atoms with Crippen LogP contribution in [0.2, 0.25) is 0 Å². The van der Waals surface area contributed by atoms with E-state index in [-0.39, 0.29) is 5.91 Å². The summed E-state index contributed by atoms with van der Waals surface area (Å²) in [6.45, 7) is 0.847. The number of halogens is 1. The summed E-state index contributed by atoms with van der Waals surface area (Å²) in [4.78, 5) is 11.7. The fourth-order valence-electron chi connectivity index (χ4n) is 1.82. The van der Waals surface area contributed by atoms with E-state index in [1.165, 1.54) is 6.08 Å². The molecule has 4 nitrogen and oxygen atoms in total. The topological polar surface area (TPSA) is 47.6 Å². The first-order chi connectivity index (χ1) is 11.2. The zero-order chi connectivity index (χ0) is 16.5. The van der Waals surface area contributed by atoms with Crippen LogP contribution in [0.3, 0.4) is 0 Å². The second kappa shape index (κ2) is 9.00. The van der Waals surface area contributed by atoms with E-state index in [2.05, 4.69) is 21.2 Å². The molecule has 0 saturated heterocycles. The lowest BCUT2D eigenvalue weighted by Crippen LogP contribution is -2.26. The molecular formula is C18H18BrNO3. The van der Waals surface area contributed by atoms with Gasteiger partial charge in [-0.15, -0.1) is 0 Å². The average molecular weight is 376 g/mol. The van der Waals surface area contributed by atoms with E-state index < -0.39 is 0 Å². The molecule has 0 atom stereocenters. The van der Waals surface area contributed by atoms with Gasteiger partial charge >= 0.3 is 0 Å². The van der Waals surface area contributed by atoms with Crippen LogP contribution >= 0.6 is 15.9 Å². The summed E-state index contributed by atoms with van der Waals surface area (Å²) in [5, 5.41) is 2.77. The molecule has 120 valence electrons. The maximum absolute atomic E-state index is 11.7. The van der Waals surface area contributed by atoms with Gasteiger partial charge in [0.05, 0.1) is 13.7 Å². The van der Waals surface area contributed by atoms with Crippen LogP contribution in [0.1, 0.15) is 5.56 Å². The molecule has 0 aliphatic carbocycles. The molecule has 0 unspecified atom stereocenters. The van der Waals surface area contributed by atoms with Gasteiger partial charge in [-0.25, -0.2) is 0 Å². The van der Waals surface area contributed by atoms with Gasteiger partial charge in [-0.1, -0.05) is 28.1 Å². The predicted octanol–water partition coefficient (Wildman–Crippen LogP) is 3.67. The second-order valence-electron chi connectivity index (χ2n) is 4.70. The zero-order valence-corrected chi connectivity index (χ0v) is 14.4. The van der Waals surface area contributed by atoms with Crippen molar-refractivity contribution in [3.05, 3.63) is 64.6 Å². The molecule has 1 N–H and O–H groups in total. The van der Waals surface area contributed by atoms with Crippen LogP contribution in [0.15, 0.2) is 59.1 Å². The minimum Gasteiger partial charge on any atom is -0.497 e. The summed E-state index contributed by atoms with van der Waals surface area (Å²) in [6.07, 6.45) is 3.28. The normalized spacial score (nSPS) is 10.5. The number of carbonyl (C=O) groups is 1. The van der Waals surface area contributed by atoms with Gasteiger partial charge < -0.3 is 14.8 Å². The molecule has 5 heteroatoms. The minimum absolute atomic E-state index is 0.147. The van der Waals surface area contributed by atoms with Crippen LogP contribution in [0.5, 0.6) is 11.5 Å². The van der Waals surface area contributed by atoms with Crippen LogP contribution in [-0.2, 0) is 4.79 Å². The highest BCUT2D eigenvalue weighted by atomic mass is 79.9. The third-order valence-electron chi connectivity index (χ3n) is 3.03. The van der Waals surface area contributed by atoms with Gasteiger partial charge in [0, 0.05) is 10.5 Å². The smallest absolute Gasteiger partial charge is 0.244 e. The van der Waals surface area contributed by atoms with Crippen LogP contribution in [0.25, 0.3) is 6.08 Å². The maximum Gasteiger partial charge on any atom is 0.244 e. The fraction of sp³-hybridized carbons (Fsp3) is 0.167. The molecule has 1 amide bonds. The van der Waals surface area contributed by atoms with Crippen molar-refractivity contribution >= 4 is 27.9 Å². The molecule has 0 aliphatic rings. The van der Waals surface area contributed by atoms with E-state index in [1.54, 1.807) is 13.2 Å². The Morgan fingerprint density at radius 1 is 1.09 bits per heavy atom. The summed E-state index contributed by atoms with van der Waals surface area (Å²) >= 11 is 3.37. The molecule has 23 heavy (non-hydrogen) atoms. The van der Waals surface area contributed by atoms with E-state index >= 15 is 0 Å². The Bertz CT molecular complexity index is 651. The Morgan fingerprint density at radius 2 is 1.74 bits per heavy atom. The fourth-order valence-corrected chi connectivity index (χ4v) is 2.08. The van der Waals surface area contributed by atoms with E-state index in [1.807, 2.05) is 48.5 Å². The number of methoxy groups -OCH3 is 1. The van der Waals surface area contributed by atoms with E-state index in [9.17, 15) is 4.79 Å². The first-order valence-corrected chi connectivity index (χ1v) is 7.95. The molecule has 0 spiro atoms. The highest BCUT2D eigenvalue weighted by Gasteiger charge is 1.97. The first kappa shape index (κ1) is 17.1. The van der Waals surface area contributed by atoms with E-state index in [0.717, 1.165) is 21.5 Å². The van der Waals surface area contributed by atoms with Crippen molar-refractivity contribution in [3.63, 3.8) is 0 Å². The summed E-state index contributed by atoms with van der Waals surface area (Å²) in [5.41, 5.74) is 0.970. The number of nitrogens with one attached hydrogen (secondary N) is 1. The highest BCUT2D eigenvalue weighted by Crippen LogP contribution is 2.16. The van der Waals surface area contributed by atoms with Gasteiger partial charge in [-0.2, -0.15) is 0 Å². The Labute approximate surface area is 144 Å². The number of ether oxygens (including phenoxy) is 2. The number of rotatable bonds is 7. The van der Waals surface area contributed by atoms with Crippen LogP contribution < -0.4 is 14.8 Å². The molecule has 0 heterocycles. The monoisotopic (exact) mass is 375 g/mol. The van der Waals surface area contributed by atoms with Crippen molar-refractivity contribution in [3.8, 4) is 11.5 Å². The number of amides is 1. The average Bonchev–Trinajstić information content (AvgIpc) is 2.59. The van der Waals surface area contributed by atoms with E-state index in [4.69, 9.17) is 9.47 Å². The van der Waals surface area contributed by atoms with Crippen molar-refractivity contribution in [2.24, 2.45) is 0 Å². The lowest BCUT2D eigenvalue weighted by molar-refractivity contribution is -0.116. The maximum atomic E-state index is 11.7. The Morgan fingerprint density at radius 3 is 2.39 bits per heavy atom. The Balaban J connectivity index is 1.68. The molecule has 0 aromatic heterocycles. The van der Waals surface area contributed by atoms with Crippen molar-refractivity contribution in [1.82, 2.24) is 5.32 Å². The van der Waals surface area contributed by atoms with Gasteiger partial charge in [0.25, 0.3) is 0 Å². The second-order valence-corrected chi connectivity index (χ2v) is 5.62. The third kappa shape index (κ3) is 6.16. The largest absolute Gasteiger partial charge is 0.497 e. The standard InChI is InChI=1S/C18H18BrNO3/c1-22-16-7-9-17(10-8-16)23-13-12-20-18(21)11-4-14-2-5-15(19)6-3-14/h2-11H,12-13H2,1H3,(H,20,21)/b11-4+. The van der Waals surface area contributed by atoms with Gasteiger partial charge in [0.2, 0.25) is 5.91 Å². The molecule has 0 saturated carbocycles. The van der Waals surface area contributed by atoms with Crippen molar-refractivity contribution in [2.75, 3.05) is 20.3 Å². The summed E-state index contributed by atoms with van der Waals surface area (Å²) in [5.74, 6) is 1.38. The van der Waals surface area contributed by atoms with Gasteiger partial charge in [0.15, 0.2) is 0 Å². The molecule has 0 bridgehead atoms. The molecule has 2 aromatic carbocycles. The third-order valence-corrected chi connectivity index (χ3v) is 3.56. The minimum atomic E-state index is -0.147. The summed E-state index contributed by atoms with van der Waals surface area (Å²) in [6, 6.07) is 15.0. The lowest BCUT2D eigenvalue weighted by Gasteiger charge is -2.07. The predicted molar refractivity (Wildman–Crippen MR) is 94.7 cm³/mol. The molecule has 0 radical (unpaired) electrons. The van der Waals surface area contributed by atoms with Gasteiger partial charge in [-0.3, -0.25) is 4.79 Å². The summed E-state index contributed by atoms with van der Waals surface area (Å²) < 4.78 is 11.6. The SMILES string of the molecule is COc1ccc(OCCNC(=O)/C=C/c2ccc(Br)cc2)cc1. The van der Waals surface area contributed by atoms with Crippen molar-refractivity contribution < 1.29 is 14.3 Å². The zero-order valence-electron chi connectivity index (χ0n) is 12.8. The first-order valence-electron chi connectivity index (χ1n) is 7.16. The van der Waals surface area contributed by atoms with E-state index in [0.29, 0.717) is 13.2 Å². The Kier molecular flexibility index (Phi) is 6.69. The number of hydrogen-bond acceptors (Lipinski definition) is 3. The number of benzene rings is 2. The molecule has 2 rings (SSSR count). The number of carbonyl (C=O) groups excluding carboxylic acids is 1.